The van der Waals surface area contributed by atoms with Crippen molar-refractivity contribution in [2.24, 2.45) is 0 Å². The van der Waals surface area contributed by atoms with Gasteiger partial charge in [0.15, 0.2) is 0 Å². The second-order valence-electron chi connectivity index (χ2n) is 4.01. The van der Waals surface area contributed by atoms with E-state index >= 15 is 0 Å². The lowest BCUT2D eigenvalue weighted by atomic mass is 10.1. The predicted molar refractivity (Wildman–Crippen MR) is 77.1 cm³/mol. The summed E-state index contributed by atoms with van der Waals surface area (Å²) in [6, 6.07) is 10.6. The van der Waals surface area contributed by atoms with Gasteiger partial charge in [-0.25, -0.2) is 4.98 Å². The number of nitro groups is 1. The van der Waals surface area contributed by atoms with Crippen molar-refractivity contribution in [2.45, 2.75) is 13.5 Å². The van der Waals surface area contributed by atoms with E-state index in [2.05, 4.69) is 26.2 Å². The van der Waals surface area contributed by atoms with Gasteiger partial charge in [0.25, 0.3) is 5.69 Å². The largest absolute Gasteiger partial charge is 0.379 e. The highest BCUT2D eigenvalue weighted by Gasteiger charge is 2.12. The van der Waals surface area contributed by atoms with E-state index in [1.54, 1.807) is 13.0 Å². The summed E-state index contributed by atoms with van der Waals surface area (Å²) in [5, 5.41) is 14.0. The molecule has 0 aliphatic rings. The Morgan fingerprint density at radius 2 is 2.05 bits per heavy atom. The Morgan fingerprint density at radius 1 is 1.32 bits per heavy atom. The van der Waals surface area contributed by atoms with Crippen molar-refractivity contribution >= 4 is 27.3 Å². The van der Waals surface area contributed by atoms with E-state index in [0.717, 1.165) is 16.0 Å². The molecule has 0 amide bonds. The second-order valence-corrected chi connectivity index (χ2v) is 4.82. The molecular weight excluding hydrogens is 310 g/mol. The molecule has 0 spiro atoms. The maximum Gasteiger partial charge on any atom is 0.274 e. The summed E-state index contributed by atoms with van der Waals surface area (Å²) in [5.74, 6) is 0. The number of pyridine rings is 1. The maximum atomic E-state index is 10.9. The van der Waals surface area contributed by atoms with Crippen LogP contribution >= 0.6 is 15.9 Å². The number of aromatic nitrogens is 1. The third-order valence-corrected chi connectivity index (χ3v) is 3.18. The first-order valence-corrected chi connectivity index (χ1v) is 6.46. The molecule has 1 aromatic heterocycles. The summed E-state index contributed by atoms with van der Waals surface area (Å²) in [5.41, 5.74) is 2.35. The molecule has 0 radical (unpaired) electrons. The quantitative estimate of drug-likeness (QED) is 0.530. The molecular formula is C13H12BrN3O2. The lowest BCUT2D eigenvalue weighted by Gasteiger charge is -2.09. The van der Waals surface area contributed by atoms with Gasteiger partial charge in [-0.2, -0.15) is 0 Å². The summed E-state index contributed by atoms with van der Waals surface area (Å²) in [6.45, 7) is 2.25. The first-order chi connectivity index (χ1) is 9.08. The molecule has 0 bridgehead atoms. The van der Waals surface area contributed by atoms with Crippen LogP contribution in [0.4, 0.5) is 11.4 Å². The van der Waals surface area contributed by atoms with Gasteiger partial charge in [-0.05, 0) is 41.1 Å². The van der Waals surface area contributed by atoms with Crippen LogP contribution in [0.5, 0.6) is 0 Å². The number of halogens is 1. The molecule has 0 aliphatic carbocycles. The number of anilines is 1. The number of hydrogen-bond acceptors (Lipinski definition) is 4. The van der Waals surface area contributed by atoms with Crippen molar-refractivity contribution in [3.63, 3.8) is 0 Å². The lowest BCUT2D eigenvalue weighted by molar-refractivity contribution is -0.385. The molecule has 5 nitrogen and oxygen atoms in total. The molecule has 0 unspecified atom stereocenters. The number of rotatable bonds is 4. The van der Waals surface area contributed by atoms with Gasteiger partial charge in [-0.3, -0.25) is 10.1 Å². The first-order valence-electron chi connectivity index (χ1n) is 5.67. The molecule has 2 rings (SSSR count). The van der Waals surface area contributed by atoms with Gasteiger partial charge in [0.2, 0.25) is 0 Å². The zero-order valence-electron chi connectivity index (χ0n) is 10.3. The summed E-state index contributed by atoms with van der Waals surface area (Å²) in [7, 11) is 0. The van der Waals surface area contributed by atoms with Gasteiger partial charge in [-0.1, -0.05) is 12.1 Å². The zero-order valence-corrected chi connectivity index (χ0v) is 11.8. The molecule has 0 atom stereocenters. The Hall–Kier alpha value is -1.95. The minimum atomic E-state index is -0.377. The van der Waals surface area contributed by atoms with Gasteiger partial charge >= 0.3 is 0 Å². The van der Waals surface area contributed by atoms with Crippen molar-refractivity contribution in [3.05, 3.63) is 62.4 Å². The normalized spacial score (nSPS) is 10.2. The number of benzene rings is 1. The molecule has 2 aromatic rings. The van der Waals surface area contributed by atoms with Crippen LogP contribution in [-0.2, 0) is 6.54 Å². The third kappa shape index (κ3) is 3.29. The van der Waals surface area contributed by atoms with Crippen molar-refractivity contribution < 1.29 is 4.92 Å². The van der Waals surface area contributed by atoms with Crippen LogP contribution in [0.2, 0.25) is 0 Å². The molecule has 98 valence electrons. The highest BCUT2D eigenvalue weighted by Crippen LogP contribution is 2.25. The number of hydrogen-bond donors (Lipinski definition) is 1. The highest BCUT2D eigenvalue weighted by atomic mass is 79.9. The van der Waals surface area contributed by atoms with Crippen LogP contribution in [-0.4, -0.2) is 9.91 Å². The number of nitrogens with zero attached hydrogens (tertiary/aromatic N) is 2. The molecule has 19 heavy (non-hydrogen) atoms. The number of nitrogens with one attached hydrogen (secondary N) is 1. The van der Waals surface area contributed by atoms with Gasteiger partial charge in [0.05, 0.1) is 17.2 Å². The zero-order chi connectivity index (χ0) is 13.8. The minimum absolute atomic E-state index is 0.118. The smallest absolute Gasteiger partial charge is 0.274 e. The van der Waals surface area contributed by atoms with Gasteiger partial charge < -0.3 is 5.32 Å². The fourth-order valence-corrected chi connectivity index (χ4v) is 2.13. The van der Waals surface area contributed by atoms with Gasteiger partial charge in [0, 0.05) is 17.3 Å². The molecule has 1 aromatic carbocycles. The Labute approximate surface area is 119 Å². The van der Waals surface area contributed by atoms with Crippen LogP contribution in [0.15, 0.2) is 41.0 Å². The molecule has 1 heterocycles. The second kappa shape index (κ2) is 5.79. The average molecular weight is 322 g/mol. The fraction of sp³-hybridized carbons (Fsp3) is 0.154. The van der Waals surface area contributed by atoms with Gasteiger partial charge in [0.1, 0.15) is 4.60 Å². The Kier molecular flexibility index (Phi) is 4.11. The summed E-state index contributed by atoms with van der Waals surface area (Å²) < 4.78 is 0.766. The summed E-state index contributed by atoms with van der Waals surface area (Å²) in [4.78, 5) is 14.8. The summed E-state index contributed by atoms with van der Waals surface area (Å²) >= 11 is 3.31. The topological polar surface area (TPSA) is 68.1 Å². The Balaban J connectivity index is 2.16. The molecule has 0 saturated carbocycles. The monoisotopic (exact) mass is 321 g/mol. The molecule has 0 fully saturated rings. The van der Waals surface area contributed by atoms with Crippen molar-refractivity contribution in [2.75, 3.05) is 5.32 Å². The predicted octanol–water partition coefficient (Wildman–Crippen LogP) is 3.67. The summed E-state index contributed by atoms with van der Waals surface area (Å²) in [6.07, 6.45) is 0. The van der Waals surface area contributed by atoms with Gasteiger partial charge in [-0.15, -0.1) is 0 Å². The van der Waals surface area contributed by atoms with Crippen LogP contribution in [0.1, 0.15) is 11.3 Å². The van der Waals surface area contributed by atoms with Crippen molar-refractivity contribution in [1.29, 1.82) is 0 Å². The van der Waals surface area contributed by atoms with E-state index in [4.69, 9.17) is 0 Å². The standard InChI is InChI=1S/C13H12BrN3O2/c1-9-11(5-3-6-12(9)17(18)19)15-8-10-4-2-7-13(14)16-10/h2-7,15H,8H2,1H3. The van der Waals surface area contributed by atoms with E-state index in [1.165, 1.54) is 6.07 Å². The maximum absolute atomic E-state index is 10.9. The van der Waals surface area contributed by atoms with E-state index in [0.29, 0.717) is 12.1 Å². The van der Waals surface area contributed by atoms with Crippen molar-refractivity contribution in [3.8, 4) is 0 Å². The van der Waals surface area contributed by atoms with E-state index in [-0.39, 0.29) is 10.6 Å². The van der Waals surface area contributed by atoms with E-state index in [9.17, 15) is 10.1 Å². The SMILES string of the molecule is Cc1c(NCc2cccc(Br)n2)cccc1[N+](=O)[O-]. The van der Waals surface area contributed by atoms with Crippen LogP contribution in [0.25, 0.3) is 0 Å². The Bertz CT molecular complexity index is 617. The average Bonchev–Trinajstić information content (AvgIpc) is 2.37. The van der Waals surface area contributed by atoms with E-state index in [1.807, 2.05) is 24.3 Å². The molecule has 0 aliphatic heterocycles. The lowest BCUT2D eigenvalue weighted by Crippen LogP contribution is -2.04. The third-order valence-electron chi connectivity index (χ3n) is 2.73. The number of nitro benzene ring substituents is 1. The first kappa shape index (κ1) is 13.5. The van der Waals surface area contributed by atoms with E-state index < -0.39 is 0 Å². The van der Waals surface area contributed by atoms with Crippen LogP contribution in [0.3, 0.4) is 0 Å². The van der Waals surface area contributed by atoms with Crippen molar-refractivity contribution in [1.82, 2.24) is 4.98 Å². The fourth-order valence-electron chi connectivity index (χ4n) is 1.75. The highest BCUT2D eigenvalue weighted by molar-refractivity contribution is 9.10. The minimum Gasteiger partial charge on any atom is -0.379 e. The molecule has 1 N–H and O–H groups in total. The Morgan fingerprint density at radius 3 is 2.74 bits per heavy atom. The molecule has 6 heteroatoms. The molecule has 0 saturated heterocycles. The van der Waals surface area contributed by atoms with Crippen LogP contribution in [0, 0.1) is 17.0 Å². The van der Waals surface area contributed by atoms with Crippen LogP contribution < -0.4 is 5.32 Å².